The normalized spacial score (nSPS) is 16.0. The third-order valence-electron chi connectivity index (χ3n) is 3.92. The minimum atomic E-state index is -10.7. The molecule has 25 heavy (non-hydrogen) atoms. The zero-order valence-electron chi connectivity index (χ0n) is 15.7. The van der Waals surface area contributed by atoms with Gasteiger partial charge in [-0.15, -0.1) is 0 Å². The van der Waals surface area contributed by atoms with Crippen LogP contribution in [0.2, 0.25) is 0 Å². The van der Waals surface area contributed by atoms with Crippen LogP contribution in [0.15, 0.2) is 25.3 Å². The monoisotopic (exact) mass is 397 g/mol. The van der Waals surface area contributed by atoms with Gasteiger partial charge in [-0.1, -0.05) is 46.8 Å². The Hall–Kier alpha value is -0.550. The molecule has 0 radical (unpaired) electrons. The number of halogens is 6. The van der Waals surface area contributed by atoms with E-state index in [1.807, 2.05) is 0 Å². The molecule has 8 heteroatoms. The number of hydrogen-bond acceptors (Lipinski definition) is 0. The SMILES string of the molecule is C=CC[N+](CC=C)(CCC)CC(CC)CCCC.F[P-](F)(F)(F)(F)F. The molecule has 0 aliphatic carbocycles. The molecule has 0 spiro atoms. The molecule has 0 aliphatic heterocycles. The summed E-state index contributed by atoms with van der Waals surface area (Å²) >= 11 is 0. The van der Waals surface area contributed by atoms with Crippen molar-refractivity contribution in [2.24, 2.45) is 5.92 Å². The van der Waals surface area contributed by atoms with Crippen LogP contribution in [-0.4, -0.2) is 30.7 Å². The van der Waals surface area contributed by atoms with E-state index in [-0.39, 0.29) is 0 Å². The summed E-state index contributed by atoms with van der Waals surface area (Å²) in [7, 11) is -10.7. The average molecular weight is 397 g/mol. The summed E-state index contributed by atoms with van der Waals surface area (Å²) in [4.78, 5) is 0. The van der Waals surface area contributed by atoms with Gasteiger partial charge in [-0.3, -0.25) is 0 Å². The van der Waals surface area contributed by atoms with Crippen LogP contribution in [0.3, 0.4) is 0 Å². The molecule has 1 atom stereocenters. The maximum atomic E-state index is 9.87. The van der Waals surface area contributed by atoms with Crippen LogP contribution in [0, 0.1) is 5.92 Å². The van der Waals surface area contributed by atoms with E-state index < -0.39 is 7.81 Å². The Balaban J connectivity index is 0. The van der Waals surface area contributed by atoms with Crippen molar-refractivity contribution >= 4 is 7.81 Å². The van der Waals surface area contributed by atoms with E-state index in [1.54, 1.807) is 0 Å². The molecule has 0 aliphatic rings. The van der Waals surface area contributed by atoms with Crippen LogP contribution < -0.4 is 0 Å². The van der Waals surface area contributed by atoms with E-state index in [0.717, 1.165) is 23.5 Å². The fourth-order valence-corrected chi connectivity index (χ4v) is 2.98. The molecule has 0 heterocycles. The van der Waals surface area contributed by atoms with Gasteiger partial charge in [0.05, 0.1) is 26.2 Å². The van der Waals surface area contributed by atoms with Gasteiger partial charge in [0, 0.05) is 5.92 Å². The van der Waals surface area contributed by atoms with Crippen LogP contribution in [0.5, 0.6) is 0 Å². The van der Waals surface area contributed by atoms with Crippen molar-refractivity contribution in [2.45, 2.75) is 52.9 Å². The Morgan fingerprint density at radius 2 is 1.32 bits per heavy atom. The summed E-state index contributed by atoms with van der Waals surface area (Å²) < 4.78 is 60.4. The number of nitrogens with zero attached hydrogens (tertiary/aromatic N) is 1. The zero-order chi connectivity index (χ0) is 20.3. The predicted molar refractivity (Wildman–Crippen MR) is 97.3 cm³/mol. The van der Waals surface area contributed by atoms with Gasteiger partial charge in [0.2, 0.25) is 0 Å². The van der Waals surface area contributed by atoms with Gasteiger partial charge in [0.25, 0.3) is 0 Å². The Morgan fingerprint density at radius 3 is 1.60 bits per heavy atom. The van der Waals surface area contributed by atoms with Crippen molar-refractivity contribution in [1.29, 1.82) is 0 Å². The minimum absolute atomic E-state index is 0.858. The number of quaternary nitrogens is 1. The molecule has 0 bridgehead atoms. The molecule has 1 unspecified atom stereocenters. The molecule has 0 aromatic carbocycles. The first-order valence-electron chi connectivity index (χ1n) is 8.76. The molecule has 0 aromatic heterocycles. The maximum absolute atomic E-state index is 10.7. The van der Waals surface area contributed by atoms with Crippen LogP contribution in [0.25, 0.3) is 0 Å². The Morgan fingerprint density at radius 1 is 0.880 bits per heavy atom. The van der Waals surface area contributed by atoms with E-state index in [2.05, 4.69) is 46.1 Å². The van der Waals surface area contributed by atoms with E-state index in [9.17, 15) is 25.2 Å². The van der Waals surface area contributed by atoms with Gasteiger partial charge < -0.3 is 4.48 Å². The summed E-state index contributed by atoms with van der Waals surface area (Å²) in [6.45, 7) is 19.5. The molecular weight excluding hydrogens is 363 g/mol. The van der Waals surface area contributed by atoms with E-state index >= 15 is 0 Å². The van der Waals surface area contributed by atoms with Crippen molar-refractivity contribution in [3.8, 4) is 0 Å². The summed E-state index contributed by atoms with van der Waals surface area (Å²) in [6.07, 6.45) is 10.8. The quantitative estimate of drug-likeness (QED) is 0.135. The molecule has 0 aromatic rings. The van der Waals surface area contributed by atoms with E-state index in [0.29, 0.717) is 0 Å². The third-order valence-corrected chi connectivity index (χ3v) is 3.92. The molecule has 0 fully saturated rings. The van der Waals surface area contributed by atoms with Crippen LogP contribution in [0.4, 0.5) is 25.2 Å². The molecule has 154 valence electrons. The van der Waals surface area contributed by atoms with Crippen LogP contribution in [0.1, 0.15) is 52.9 Å². The summed E-state index contributed by atoms with van der Waals surface area (Å²) in [5, 5.41) is 0. The van der Waals surface area contributed by atoms with Gasteiger partial charge in [-0.05, 0) is 31.4 Å². The van der Waals surface area contributed by atoms with Gasteiger partial charge in [0.15, 0.2) is 0 Å². The Kier molecular flexibility index (Phi) is 10.6. The van der Waals surface area contributed by atoms with Crippen LogP contribution in [-0.2, 0) is 0 Å². The second-order valence-electron chi connectivity index (χ2n) is 6.57. The zero-order valence-corrected chi connectivity index (χ0v) is 16.6. The van der Waals surface area contributed by atoms with Gasteiger partial charge in [-0.2, -0.15) is 0 Å². The summed E-state index contributed by atoms with van der Waals surface area (Å²) in [5.74, 6) is 0.858. The molecule has 0 rings (SSSR count). The Labute approximate surface area is 148 Å². The first-order valence-corrected chi connectivity index (χ1v) is 10.8. The van der Waals surface area contributed by atoms with Gasteiger partial charge in [-0.25, -0.2) is 0 Å². The molecule has 0 saturated heterocycles. The molecular formula is C17H34F6NP. The fourth-order valence-electron chi connectivity index (χ4n) is 2.98. The van der Waals surface area contributed by atoms with Crippen LogP contribution >= 0.6 is 7.81 Å². The Bertz CT molecular complexity index is 369. The van der Waals surface area contributed by atoms with Crippen molar-refractivity contribution < 1.29 is 29.7 Å². The van der Waals surface area contributed by atoms with Crippen molar-refractivity contribution in [2.75, 3.05) is 26.2 Å². The molecule has 0 amide bonds. The summed E-state index contributed by atoms with van der Waals surface area (Å²) in [5.41, 5.74) is 0. The second kappa shape index (κ2) is 9.96. The van der Waals surface area contributed by atoms with Gasteiger partial charge >= 0.3 is 33.0 Å². The topological polar surface area (TPSA) is 0 Å². The van der Waals surface area contributed by atoms with Crippen molar-refractivity contribution in [3.05, 3.63) is 25.3 Å². The number of rotatable bonds is 12. The number of hydrogen-bond donors (Lipinski definition) is 0. The second-order valence-corrected chi connectivity index (χ2v) is 8.48. The average Bonchev–Trinajstić information content (AvgIpc) is 2.41. The first kappa shape index (κ1) is 26.7. The third kappa shape index (κ3) is 21.4. The van der Waals surface area contributed by atoms with Crippen molar-refractivity contribution in [3.63, 3.8) is 0 Å². The first-order chi connectivity index (χ1) is 11.1. The predicted octanol–water partition coefficient (Wildman–Crippen LogP) is 8.18. The standard InChI is InChI=1S/C17H34N.F6P/c1-6-11-12-17(10-5)16-18(13-7-2,14-8-3)15-9-4;1-7(2,3,4,5)6/h7-8,17H,2-3,6,9-16H2,1,4-5H3;/q+1;-1. The molecule has 0 N–H and O–H groups in total. The van der Waals surface area contributed by atoms with Gasteiger partial charge in [0.1, 0.15) is 0 Å². The van der Waals surface area contributed by atoms with Crippen molar-refractivity contribution in [1.82, 2.24) is 0 Å². The molecule has 0 saturated carbocycles. The van der Waals surface area contributed by atoms with E-state index in [1.165, 1.54) is 45.2 Å². The number of unbranched alkanes of at least 4 members (excludes halogenated alkanes) is 1. The van der Waals surface area contributed by atoms with E-state index in [4.69, 9.17) is 0 Å². The molecule has 1 nitrogen and oxygen atoms in total. The fraction of sp³-hybridized carbons (Fsp3) is 0.765. The summed E-state index contributed by atoms with van der Waals surface area (Å²) in [6, 6.07) is 0.